The molecule has 6 nitrogen and oxygen atoms in total. The summed E-state index contributed by atoms with van der Waals surface area (Å²) >= 11 is 5.26. The molecule has 0 spiro atoms. The number of ether oxygens (including phenoxy) is 2. The van der Waals surface area contributed by atoms with Gasteiger partial charge >= 0.3 is 0 Å². The maximum Gasteiger partial charge on any atom is 0.270 e. The Kier molecular flexibility index (Phi) is 6.47. The van der Waals surface area contributed by atoms with Gasteiger partial charge < -0.3 is 9.47 Å². The van der Waals surface area contributed by atoms with Gasteiger partial charge in [0.15, 0.2) is 5.11 Å². The number of nitrogens with one attached hydrogen (secondary N) is 1. The van der Waals surface area contributed by atoms with Gasteiger partial charge in [0.1, 0.15) is 23.7 Å². The molecule has 0 atom stereocenters. The van der Waals surface area contributed by atoms with Crippen molar-refractivity contribution in [1.29, 1.82) is 0 Å². The quantitative estimate of drug-likeness (QED) is 0.225. The molecule has 4 aromatic rings. The van der Waals surface area contributed by atoms with Crippen molar-refractivity contribution in [2.24, 2.45) is 0 Å². The molecular formula is C29H22N2O4S. The van der Waals surface area contributed by atoms with Crippen molar-refractivity contribution >= 4 is 51.7 Å². The van der Waals surface area contributed by atoms with Crippen molar-refractivity contribution < 1.29 is 19.1 Å². The third-order valence-electron chi connectivity index (χ3n) is 5.90. The van der Waals surface area contributed by atoms with E-state index in [1.165, 1.54) is 10.3 Å². The Morgan fingerprint density at radius 1 is 0.861 bits per heavy atom. The molecule has 0 saturated carbocycles. The van der Waals surface area contributed by atoms with E-state index in [4.69, 9.17) is 21.7 Å². The first-order chi connectivity index (χ1) is 17.5. The van der Waals surface area contributed by atoms with Crippen molar-refractivity contribution in [2.45, 2.75) is 6.61 Å². The van der Waals surface area contributed by atoms with E-state index in [0.29, 0.717) is 29.4 Å². The molecule has 36 heavy (non-hydrogen) atoms. The van der Waals surface area contributed by atoms with Crippen molar-refractivity contribution in [1.82, 2.24) is 5.32 Å². The van der Waals surface area contributed by atoms with Crippen LogP contribution in [0, 0.1) is 0 Å². The number of hydrogen-bond donors (Lipinski definition) is 1. The maximum absolute atomic E-state index is 13.2. The number of methoxy groups -OCH3 is 1. The number of nitrogens with zero attached hydrogens (tertiary/aromatic N) is 1. The van der Waals surface area contributed by atoms with Crippen molar-refractivity contribution in [3.63, 3.8) is 0 Å². The molecule has 1 N–H and O–H groups in total. The molecule has 1 saturated heterocycles. The number of anilines is 1. The topological polar surface area (TPSA) is 67.9 Å². The zero-order chi connectivity index (χ0) is 25.1. The number of amides is 2. The molecule has 1 fully saturated rings. The van der Waals surface area contributed by atoms with Crippen LogP contribution in [0.3, 0.4) is 0 Å². The largest absolute Gasteiger partial charge is 0.497 e. The number of hydrogen-bond acceptors (Lipinski definition) is 5. The highest BCUT2D eigenvalue weighted by Crippen LogP contribution is 2.25. The summed E-state index contributed by atoms with van der Waals surface area (Å²) in [6.45, 7) is 0.428. The van der Waals surface area contributed by atoms with Crippen LogP contribution in [-0.4, -0.2) is 24.0 Å². The van der Waals surface area contributed by atoms with Crippen molar-refractivity contribution in [3.05, 3.63) is 108 Å². The van der Waals surface area contributed by atoms with Crippen LogP contribution in [0.4, 0.5) is 5.69 Å². The Bertz CT molecular complexity index is 1490. The zero-order valence-corrected chi connectivity index (χ0v) is 20.2. The Labute approximate surface area is 213 Å². The summed E-state index contributed by atoms with van der Waals surface area (Å²) in [6.07, 6.45) is 1.55. The minimum absolute atomic E-state index is 0.0103. The van der Waals surface area contributed by atoms with E-state index in [2.05, 4.69) is 23.5 Å². The molecular weight excluding hydrogens is 472 g/mol. The van der Waals surface area contributed by atoms with Crippen LogP contribution < -0.4 is 19.7 Å². The van der Waals surface area contributed by atoms with Crippen molar-refractivity contribution in [3.8, 4) is 11.5 Å². The van der Waals surface area contributed by atoms with E-state index >= 15 is 0 Å². The van der Waals surface area contributed by atoms with Gasteiger partial charge in [-0.1, -0.05) is 54.6 Å². The Morgan fingerprint density at radius 3 is 2.31 bits per heavy atom. The second kappa shape index (κ2) is 10.0. The number of benzene rings is 4. The molecule has 178 valence electrons. The van der Waals surface area contributed by atoms with Gasteiger partial charge in [-0.25, -0.2) is 0 Å². The van der Waals surface area contributed by atoms with Gasteiger partial charge in [0, 0.05) is 0 Å². The number of carbonyl (C=O) groups excluding carboxylic acids is 2. The third kappa shape index (κ3) is 4.69. The minimum atomic E-state index is -0.536. The summed E-state index contributed by atoms with van der Waals surface area (Å²) in [5, 5.41) is 4.95. The Morgan fingerprint density at radius 2 is 1.56 bits per heavy atom. The summed E-state index contributed by atoms with van der Waals surface area (Å²) in [5.41, 5.74) is 2.31. The average Bonchev–Trinajstić information content (AvgIpc) is 2.91. The van der Waals surface area contributed by atoms with Crippen molar-refractivity contribution in [2.75, 3.05) is 12.0 Å². The molecule has 0 aliphatic carbocycles. The van der Waals surface area contributed by atoms with E-state index < -0.39 is 11.8 Å². The first kappa shape index (κ1) is 23.3. The van der Waals surface area contributed by atoms with E-state index in [1.807, 2.05) is 36.4 Å². The summed E-state index contributed by atoms with van der Waals surface area (Å²) < 4.78 is 11.2. The van der Waals surface area contributed by atoms with Gasteiger partial charge in [0.2, 0.25) is 0 Å². The highest BCUT2D eigenvalue weighted by molar-refractivity contribution is 7.80. The lowest BCUT2D eigenvalue weighted by Crippen LogP contribution is -2.54. The lowest BCUT2D eigenvalue weighted by Gasteiger charge is -2.29. The zero-order valence-electron chi connectivity index (χ0n) is 19.4. The van der Waals surface area contributed by atoms with E-state index in [9.17, 15) is 9.59 Å². The first-order valence-corrected chi connectivity index (χ1v) is 11.7. The maximum atomic E-state index is 13.2. The van der Waals surface area contributed by atoms with E-state index in [1.54, 1.807) is 49.6 Å². The summed E-state index contributed by atoms with van der Waals surface area (Å²) in [7, 11) is 1.56. The highest BCUT2D eigenvalue weighted by Gasteiger charge is 2.34. The second-order valence-electron chi connectivity index (χ2n) is 8.15. The molecule has 1 aliphatic rings. The lowest BCUT2D eigenvalue weighted by molar-refractivity contribution is -0.122. The smallest absolute Gasteiger partial charge is 0.270 e. The number of thiocarbonyl (C=S) groups is 1. The van der Waals surface area contributed by atoms with Crippen LogP contribution >= 0.6 is 12.2 Å². The lowest BCUT2D eigenvalue weighted by atomic mass is 10.1. The molecule has 0 radical (unpaired) electrons. The predicted octanol–water partition coefficient (Wildman–Crippen LogP) is 5.26. The van der Waals surface area contributed by atoms with Crippen LogP contribution in [0.25, 0.3) is 16.8 Å². The number of carbonyl (C=O) groups is 2. The van der Waals surface area contributed by atoms with E-state index in [-0.39, 0.29) is 10.7 Å². The number of fused-ring (bicyclic) bond motifs is 1. The second-order valence-corrected chi connectivity index (χ2v) is 8.54. The fourth-order valence-corrected chi connectivity index (χ4v) is 4.31. The molecule has 7 heteroatoms. The van der Waals surface area contributed by atoms with Crippen LogP contribution in [0.15, 0.2) is 96.6 Å². The number of rotatable bonds is 6. The Hall–Kier alpha value is -4.49. The molecule has 1 heterocycles. The van der Waals surface area contributed by atoms with Crippen LogP contribution in [0.5, 0.6) is 11.5 Å². The van der Waals surface area contributed by atoms with Gasteiger partial charge in [0.25, 0.3) is 11.8 Å². The summed E-state index contributed by atoms with van der Waals surface area (Å²) in [4.78, 5) is 27.1. The third-order valence-corrected chi connectivity index (χ3v) is 6.18. The molecule has 5 rings (SSSR count). The van der Waals surface area contributed by atoms with Crippen LogP contribution in [-0.2, 0) is 16.2 Å². The van der Waals surface area contributed by atoms with Gasteiger partial charge in [-0.3, -0.25) is 19.8 Å². The summed E-state index contributed by atoms with van der Waals surface area (Å²) in [5.74, 6) is 0.304. The molecule has 4 aromatic carbocycles. The molecule has 2 amide bonds. The monoisotopic (exact) mass is 494 g/mol. The Balaban J connectivity index is 1.33. The molecule has 1 aliphatic heterocycles. The molecule has 0 bridgehead atoms. The van der Waals surface area contributed by atoms with Gasteiger partial charge in [-0.15, -0.1) is 0 Å². The summed E-state index contributed by atoms with van der Waals surface area (Å²) in [6, 6.07) is 28.4. The highest BCUT2D eigenvalue weighted by atomic mass is 32.1. The fourth-order valence-electron chi connectivity index (χ4n) is 4.03. The van der Waals surface area contributed by atoms with Gasteiger partial charge in [0.05, 0.1) is 12.8 Å². The fraction of sp³-hybridized carbons (Fsp3) is 0.0690. The molecule has 0 aromatic heterocycles. The van der Waals surface area contributed by atoms with Crippen LogP contribution in [0.1, 0.15) is 11.1 Å². The van der Waals surface area contributed by atoms with Crippen LogP contribution in [0.2, 0.25) is 0 Å². The molecule has 0 unspecified atom stereocenters. The van der Waals surface area contributed by atoms with Gasteiger partial charge in [-0.05, 0) is 76.6 Å². The predicted molar refractivity (Wildman–Crippen MR) is 144 cm³/mol. The normalized spacial score (nSPS) is 14.8. The van der Waals surface area contributed by atoms with E-state index in [0.717, 1.165) is 10.9 Å². The SMILES string of the molecule is COc1ccc(N2C(=O)/C(=C\c3ccc(OCc4cccc5ccccc45)cc3)C(=O)NC2=S)cc1. The first-order valence-electron chi connectivity index (χ1n) is 11.3. The minimum Gasteiger partial charge on any atom is -0.497 e. The average molecular weight is 495 g/mol. The van der Waals surface area contributed by atoms with Gasteiger partial charge in [-0.2, -0.15) is 0 Å². The standard InChI is InChI=1S/C29H22N2O4S/c1-34-23-15-11-22(12-16-23)31-28(33)26(27(32)30-29(31)36)17-19-9-13-24(14-10-19)35-18-21-7-4-6-20-5-2-3-8-25(20)21/h2-17H,18H2,1H3,(H,30,32,36)/b26-17-.